The predicted molar refractivity (Wildman–Crippen MR) is 59.9 cm³/mol. The maximum Gasteiger partial charge on any atom is 0.152 e. The first-order valence-corrected chi connectivity index (χ1v) is 4.98. The summed E-state index contributed by atoms with van der Waals surface area (Å²) < 4.78 is 0. The number of H-pyrrole nitrogens is 1. The second-order valence-electron chi connectivity index (χ2n) is 3.23. The Morgan fingerprint density at radius 1 is 1.40 bits per heavy atom. The molecule has 0 aliphatic heterocycles. The van der Waals surface area contributed by atoms with E-state index in [0.29, 0.717) is 11.7 Å². The van der Waals surface area contributed by atoms with Gasteiger partial charge in [-0.1, -0.05) is 11.6 Å². The molecule has 0 atom stereocenters. The van der Waals surface area contributed by atoms with Crippen LogP contribution in [-0.4, -0.2) is 15.2 Å². The molecule has 2 aromatic heterocycles. The smallest absolute Gasteiger partial charge is 0.152 e. The Hall–Kier alpha value is -1.55. The molecule has 78 valence electrons. The van der Waals surface area contributed by atoms with Crippen LogP contribution >= 0.6 is 11.6 Å². The van der Waals surface area contributed by atoms with Crippen molar-refractivity contribution in [2.45, 2.75) is 13.5 Å². The molecule has 0 saturated carbocycles. The number of aromatic amines is 1. The van der Waals surface area contributed by atoms with Gasteiger partial charge in [0.05, 0.1) is 17.9 Å². The van der Waals surface area contributed by atoms with E-state index in [1.54, 1.807) is 12.4 Å². The Balaban J connectivity index is 2.11. The topological polar surface area (TPSA) is 53.6 Å². The van der Waals surface area contributed by atoms with Crippen LogP contribution in [0, 0.1) is 6.92 Å². The zero-order chi connectivity index (χ0) is 10.7. The molecule has 5 heteroatoms. The Bertz CT molecular complexity index is 418. The summed E-state index contributed by atoms with van der Waals surface area (Å²) in [5.74, 6) is 0. The molecule has 0 fully saturated rings. The molecule has 4 nitrogen and oxygen atoms in total. The molecule has 15 heavy (non-hydrogen) atoms. The number of aromatic nitrogens is 3. The lowest BCUT2D eigenvalue weighted by molar-refractivity contribution is 0.978. The number of hydrogen-bond acceptors (Lipinski definition) is 3. The molecule has 2 N–H and O–H groups in total. The minimum atomic E-state index is 0.495. The summed E-state index contributed by atoms with van der Waals surface area (Å²) in [6, 6.07) is 3.83. The number of halogens is 1. The van der Waals surface area contributed by atoms with Crippen LogP contribution in [0.1, 0.15) is 11.3 Å². The van der Waals surface area contributed by atoms with Crippen molar-refractivity contribution in [3.63, 3.8) is 0 Å². The van der Waals surface area contributed by atoms with Gasteiger partial charge < -0.3 is 5.32 Å². The first-order valence-electron chi connectivity index (χ1n) is 4.60. The van der Waals surface area contributed by atoms with E-state index >= 15 is 0 Å². The predicted octanol–water partition coefficient (Wildman–Crippen LogP) is 2.38. The number of hydrogen-bond donors (Lipinski definition) is 2. The second-order valence-corrected chi connectivity index (χ2v) is 3.59. The van der Waals surface area contributed by atoms with Crippen molar-refractivity contribution in [3.8, 4) is 0 Å². The molecule has 0 unspecified atom stereocenters. The van der Waals surface area contributed by atoms with Crippen LogP contribution < -0.4 is 5.32 Å². The van der Waals surface area contributed by atoms with Crippen LogP contribution in [0.15, 0.2) is 24.5 Å². The molecule has 2 rings (SSSR count). The molecule has 0 spiro atoms. The van der Waals surface area contributed by atoms with Gasteiger partial charge in [-0.3, -0.25) is 5.10 Å². The molecule has 0 bridgehead atoms. The van der Waals surface area contributed by atoms with E-state index in [0.717, 1.165) is 16.9 Å². The van der Waals surface area contributed by atoms with Gasteiger partial charge in [0.2, 0.25) is 0 Å². The van der Waals surface area contributed by atoms with Crippen molar-refractivity contribution in [1.29, 1.82) is 0 Å². The van der Waals surface area contributed by atoms with E-state index in [2.05, 4.69) is 20.5 Å². The van der Waals surface area contributed by atoms with Gasteiger partial charge in [0.25, 0.3) is 0 Å². The van der Waals surface area contributed by atoms with Crippen molar-refractivity contribution in [2.24, 2.45) is 0 Å². The SMILES string of the molecule is Cc1ccnc(Cl)c1NCc1ccn[nH]1. The van der Waals surface area contributed by atoms with Gasteiger partial charge in [-0.05, 0) is 24.6 Å². The van der Waals surface area contributed by atoms with Crippen molar-refractivity contribution < 1.29 is 0 Å². The fraction of sp³-hybridized carbons (Fsp3) is 0.200. The summed E-state index contributed by atoms with van der Waals surface area (Å²) in [5, 5.41) is 10.4. The minimum Gasteiger partial charge on any atom is -0.377 e. The van der Waals surface area contributed by atoms with Gasteiger partial charge >= 0.3 is 0 Å². The van der Waals surface area contributed by atoms with Crippen LogP contribution in [-0.2, 0) is 6.54 Å². The summed E-state index contributed by atoms with van der Waals surface area (Å²) in [6.45, 7) is 2.65. The van der Waals surface area contributed by atoms with E-state index in [-0.39, 0.29) is 0 Å². The Morgan fingerprint density at radius 3 is 2.93 bits per heavy atom. The van der Waals surface area contributed by atoms with Crippen LogP contribution in [0.4, 0.5) is 5.69 Å². The molecular formula is C10H11ClN4. The summed E-state index contributed by atoms with van der Waals surface area (Å²) in [4.78, 5) is 4.02. The van der Waals surface area contributed by atoms with Crippen molar-refractivity contribution in [3.05, 3.63) is 40.9 Å². The summed E-state index contributed by atoms with van der Waals surface area (Å²) >= 11 is 5.97. The van der Waals surface area contributed by atoms with Crippen molar-refractivity contribution >= 4 is 17.3 Å². The van der Waals surface area contributed by atoms with Crippen LogP contribution in [0.5, 0.6) is 0 Å². The number of anilines is 1. The first kappa shape index (κ1) is 9.98. The molecule has 0 aliphatic carbocycles. The van der Waals surface area contributed by atoms with Gasteiger partial charge in [0.1, 0.15) is 0 Å². The van der Waals surface area contributed by atoms with Crippen molar-refractivity contribution in [1.82, 2.24) is 15.2 Å². The van der Waals surface area contributed by atoms with Crippen LogP contribution in [0.3, 0.4) is 0 Å². The molecule has 2 aromatic rings. The fourth-order valence-electron chi connectivity index (χ4n) is 1.30. The monoisotopic (exact) mass is 222 g/mol. The maximum absolute atomic E-state index is 5.97. The molecule has 0 radical (unpaired) electrons. The first-order chi connectivity index (χ1) is 7.27. The number of nitrogens with one attached hydrogen (secondary N) is 2. The number of rotatable bonds is 3. The highest BCUT2D eigenvalue weighted by molar-refractivity contribution is 6.32. The Morgan fingerprint density at radius 2 is 2.27 bits per heavy atom. The highest BCUT2D eigenvalue weighted by atomic mass is 35.5. The van der Waals surface area contributed by atoms with E-state index < -0.39 is 0 Å². The Kier molecular flexibility index (Phi) is 2.87. The zero-order valence-electron chi connectivity index (χ0n) is 8.29. The lowest BCUT2D eigenvalue weighted by Crippen LogP contribution is -2.02. The lowest BCUT2D eigenvalue weighted by Gasteiger charge is -2.09. The minimum absolute atomic E-state index is 0.495. The third-order valence-electron chi connectivity index (χ3n) is 2.13. The third-order valence-corrected chi connectivity index (χ3v) is 2.41. The van der Waals surface area contributed by atoms with Crippen molar-refractivity contribution in [2.75, 3.05) is 5.32 Å². The highest BCUT2D eigenvalue weighted by Crippen LogP contribution is 2.22. The molecule has 0 aromatic carbocycles. The van der Waals surface area contributed by atoms with Gasteiger partial charge in [-0.2, -0.15) is 5.10 Å². The molecule has 0 amide bonds. The number of nitrogens with zero attached hydrogens (tertiary/aromatic N) is 2. The average Bonchev–Trinajstić information content (AvgIpc) is 2.70. The molecule has 0 saturated heterocycles. The lowest BCUT2D eigenvalue weighted by atomic mass is 10.2. The van der Waals surface area contributed by atoms with Gasteiger partial charge in [-0.15, -0.1) is 0 Å². The summed E-state index contributed by atoms with van der Waals surface area (Å²) in [7, 11) is 0. The largest absolute Gasteiger partial charge is 0.377 e. The maximum atomic E-state index is 5.97. The van der Waals surface area contributed by atoms with E-state index in [4.69, 9.17) is 11.6 Å². The molecule has 0 aliphatic rings. The quantitative estimate of drug-likeness (QED) is 0.784. The summed E-state index contributed by atoms with van der Waals surface area (Å²) in [5.41, 5.74) is 2.96. The second kappa shape index (κ2) is 4.31. The third kappa shape index (κ3) is 2.27. The number of aryl methyl sites for hydroxylation is 1. The standard InChI is InChI=1S/C10H11ClN4/c1-7-2-4-12-10(11)9(7)13-6-8-3-5-14-15-8/h2-5,13H,6H2,1H3,(H,14,15). The highest BCUT2D eigenvalue weighted by Gasteiger charge is 2.04. The average molecular weight is 223 g/mol. The summed E-state index contributed by atoms with van der Waals surface area (Å²) in [6.07, 6.45) is 3.41. The van der Waals surface area contributed by atoms with E-state index in [1.807, 2.05) is 19.1 Å². The van der Waals surface area contributed by atoms with Crippen LogP contribution in [0.25, 0.3) is 0 Å². The van der Waals surface area contributed by atoms with Gasteiger partial charge in [0.15, 0.2) is 5.15 Å². The van der Waals surface area contributed by atoms with E-state index in [9.17, 15) is 0 Å². The Labute approximate surface area is 92.7 Å². The van der Waals surface area contributed by atoms with E-state index in [1.165, 1.54) is 0 Å². The molecule has 2 heterocycles. The fourth-order valence-corrected chi connectivity index (χ4v) is 1.58. The van der Waals surface area contributed by atoms with Gasteiger partial charge in [0, 0.05) is 12.4 Å². The van der Waals surface area contributed by atoms with Gasteiger partial charge in [-0.25, -0.2) is 4.98 Å². The van der Waals surface area contributed by atoms with Crippen LogP contribution in [0.2, 0.25) is 5.15 Å². The zero-order valence-corrected chi connectivity index (χ0v) is 9.04. The number of pyridine rings is 1. The normalized spacial score (nSPS) is 10.3. The molecular weight excluding hydrogens is 212 g/mol.